The maximum absolute atomic E-state index is 5.77. The molecule has 1 N–H and O–H groups in total. The lowest BCUT2D eigenvalue weighted by Crippen LogP contribution is -2.12. The molecular formula is C10H23N2OPS2. The van der Waals surface area contributed by atoms with E-state index in [-0.39, 0.29) is 6.10 Å². The molecule has 0 fully saturated rings. The molecule has 0 aromatic carbocycles. The molecule has 0 heterocycles. The van der Waals surface area contributed by atoms with Gasteiger partial charge in [-0.25, -0.2) is 0 Å². The fourth-order valence-corrected chi connectivity index (χ4v) is 5.98. The fraction of sp³-hybridized carbons (Fsp3) is 0.900. The van der Waals surface area contributed by atoms with Crippen molar-refractivity contribution >= 4 is 35.1 Å². The van der Waals surface area contributed by atoms with E-state index >= 15 is 0 Å². The zero-order chi connectivity index (χ0) is 12.4. The number of unbranched alkanes of at least 4 members (excludes halogenated alkanes) is 1. The minimum Gasteiger partial charge on any atom is -0.324 e. The summed E-state index contributed by atoms with van der Waals surface area (Å²) in [7, 11) is 0. The monoisotopic (exact) mass is 282 g/mol. The molecular weight excluding hydrogens is 259 g/mol. The summed E-state index contributed by atoms with van der Waals surface area (Å²) < 4.78 is 5.77. The number of hydrogen-bond acceptors (Lipinski definition) is 4. The van der Waals surface area contributed by atoms with Gasteiger partial charge in [-0.3, -0.25) is 4.99 Å². The van der Waals surface area contributed by atoms with Crippen LogP contribution in [0.3, 0.4) is 0 Å². The van der Waals surface area contributed by atoms with Crippen LogP contribution in [0, 0.1) is 0 Å². The summed E-state index contributed by atoms with van der Waals surface area (Å²) in [4.78, 5) is 4.27. The van der Waals surface area contributed by atoms with Crippen LogP contribution >= 0.6 is 17.0 Å². The Bertz CT molecular complexity index is 247. The largest absolute Gasteiger partial charge is 0.324 e. The first-order valence-corrected chi connectivity index (χ1v) is 10.0. The molecule has 0 saturated heterocycles. The Labute approximate surface area is 109 Å². The van der Waals surface area contributed by atoms with E-state index in [1.165, 1.54) is 0 Å². The molecule has 96 valence electrons. The minimum absolute atomic E-state index is 0.154. The minimum atomic E-state index is -1.97. The lowest BCUT2D eigenvalue weighted by molar-refractivity contribution is 0.274. The second kappa shape index (κ2) is 9.46. The van der Waals surface area contributed by atoms with Gasteiger partial charge in [-0.05, 0) is 37.8 Å². The van der Waals surface area contributed by atoms with Crippen LogP contribution in [-0.2, 0) is 16.3 Å². The Balaban J connectivity index is 4.11. The molecule has 0 spiro atoms. The third-order valence-electron chi connectivity index (χ3n) is 1.60. The summed E-state index contributed by atoms with van der Waals surface area (Å²) in [6.07, 6.45) is 4.16. The maximum atomic E-state index is 5.77. The van der Waals surface area contributed by atoms with Crippen molar-refractivity contribution in [3.8, 4) is 0 Å². The Morgan fingerprint density at radius 3 is 2.69 bits per heavy atom. The molecule has 0 radical (unpaired) electrons. The van der Waals surface area contributed by atoms with Gasteiger partial charge in [0.2, 0.25) is 5.62 Å². The highest BCUT2D eigenvalue weighted by Gasteiger charge is 2.17. The van der Waals surface area contributed by atoms with Crippen LogP contribution < -0.4 is 5.09 Å². The van der Waals surface area contributed by atoms with Crippen LogP contribution in [0.2, 0.25) is 0 Å². The van der Waals surface area contributed by atoms with E-state index in [4.69, 9.17) is 16.3 Å². The standard InChI is InChI=1S/C10H23N2OPS2/c1-5-7-8-11-9-12-14(15,16-6-2)13-10(3)4/h9-10H,5-8H2,1-4H3,(H,11,12,15). The van der Waals surface area contributed by atoms with Crippen LogP contribution in [-0.4, -0.2) is 24.7 Å². The third kappa shape index (κ3) is 8.57. The Kier molecular flexibility index (Phi) is 9.71. The van der Waals surface area contributed by atoms with E-state index < -0.39 is 5.62 Å². The lowest BCUT2D eigenvalue weighted by atomic mass is 10.3. The Morgan fingerprint density at radius 2 is 2.19 bits per heavy atom. The van der Waals surface area contributed by atoms with E-state index in [0.717, 1.165) is 25.1 Å². The van der Waals surface area contributed by atoms with Gasteiger partial charge in [-0.1, -0.05) is 31.7 Å². The second-order valence-corrected chi connectivity index (χ2v) is 10.4. The first-order valence-electron chi connectivity index (χ1n) is 5.73. The molecule has 3 nitrogen and oxygen atoms in total. The molecule has 0 amide bonds. The molecule has 0 aliphatic heterocycles. The zero-order valence-electron chi connectivity index (χ0n) is 10.6. The van der Waals surface area contributed by atoms with E-state index in [2.05, 4.69) is 23.9 Å². The van der Waals surface area contributed by atoms with Crippen molar-refractivity contribution in [1.82, 2.24) is 5.09 Å². The van der Waals surface area contributed by atoms with Crippen molar-refractivity contribution in [2.24, 2.45) is 4.99 Å². The summed E-state index contributed by atoms with van der Waals surface area (Å²) in [6.45, 7) is 9.12. The zero-order valence-corrected chi connectivity index (χ0v) is 13.1. The topological polar surface area (TPSA) is 33.6 Å². The van der Waals surface area contributed by atoms with Crippen LogP contribution in [0.25, 0.3) is 0 Å². The lowest BCUT2D eigenvalue weighted by Gasteiger charge is -2.22. The summed E-state index contributed by atoms with van der Waals surface area (Å²) in [5.41, 5.74) is -1.97. The molecule has 6 heteroatoms. The maximum Gasteiger partial charge on any atom is 0.211 e. The Morgan fingerprint density at radius 1 is 1.50 bits per heavy atom. The molecule has 0 rings (SSSR count). The molecule has 0 bridgehead atoms. The first kappa shape index (κ1) is 16.4. The highest BCUT2D eigenvalue weighted by atomic mass is 32.9. The van der Waals surface area contributed by atoms with Crippen molar-refractivity contribution in [2.45, 2.75) is 46.6 Å². The van der Waals surface area contributed by atoms with E-state index in [0.29, 0.717) is 0 Å². The van der Waals surface area contributed by atoms with Gasteiger partial charge in [0, 0.05) is 6.54 Å². The SMILES string of the molecule is CCCCN=CNP(=S)(OC(C)C)SCC. The van der Waals surface area contributed by atoms with Crippen LogP contribution in [0.5, 0.6) is 0 Å². The first-order chi connectivity index (χ1) is 7.54. The van der Waals surface area contributed by atoms with E-state index in [1.54, 1.807) is 17.7 Å². The molecule has 0 aliphatic carbocycles. The number of nitrogens with one attached hydrogen (secondary N) is 1. The van der Waals surface area contributed by atoms with Gasteiger partial charge in [-0.15, -0.1) is 0 Å². The highest BCUT2D eigenvalue weighted by Crippen LogP contribution is 2.56. The fourth-order valence-electron chi connectivity index (χ4n) is 0.971. The Hall–Kier alpha value is 0.430. The van der Waals surface area contributed by atoms with Crippen molar-refractivity contribution in [1.29, 1.82) is 0 Å². The number of hydrogen-bond donors (Lipinski definition) is 1. The summed E-state index contributed by atoms with van der Waals surface area (Å²) in [6, 6.07) is 0. The van der Waals surface area contributed by atoms with Crippen molar-refractivity contribution in [3.63, 3.8) is 0 Å². The van der Waals surface area contributed by atoms with Gasteiger partial charge in [-0.2, -0.15) is 0 Å². The molecule has 1 atom stereocenters. The smallest absolute Gasteiger partial charge is 0.211 e. The number of aliphatic imine (C=N–C) groups is 1. The molecule has 0 aromatic heterocycles. The molecule has 0 aromatic rings. The predicted molar refractivity (Wildman–Crippen MR) is 80.0 cm³/mol. The van der Waals surface area contributed by atoms with Crippen LogP contribution in [0.4, 0.5) is 0 Å². The predicted octanol–water partition coefficient (Wildman–Crippen LogP) is 3.81. The summed E-state index contributed by atoms with van der Waals surface area (Å²) in [5, 5.41) is 3.16. The van der Waals surface area contributed by atoms with Gasteiger partial charge in [0.25, 0.3) is 0 Å². The highest BCUT2D eigenvalue weighted by molar-refractivity contribution is 8.68. The van der Waals surface area contributed by atoms with Crippen LogP contribution in [0.15, 0.2) is 4.99 Å². The van der Waals surface area contributed by atoms with Crippen molar-refractivity contribution < 1.29 is 4.52 Å². The number of rotatable bonds is 9. The average molecular weight is 282 g/mol. The number of nitrogens with zero attached hydrogens (tertiary/aromatic N) is 1. The molecule has 1 unspecified atom stereocenters. The second-order valence-electron chi connectivity index (χ2n) is 3.59. The quantitative estimate of drug-likeness (QED) is 0.302. The van der Waals surface area contributed by atoms with Gasteiger partial charge in [0.1, 0.15) is 0 Å². The molecule has 0 saturated carbocycles. The third-order valence-corrected chi connectivity index (χ3v) is 7.22. The molecule has 0 aliphatic rings. The molecule has 16 heavy (non-hydrogen) atoms. The summed E-state index contributed by atoms with van der Waals surface area (Å²) >= 11 is 7.18. The van der Waals surface area contributed by atoms with E-state index in [9.17, 15) is 0 Å². The van der Waals surface area contributed by atoms with Gasteiger partial charge < -0.3 is 9.61 Å². The van der Waals surface area contributed by atoms with E-state index in [1.807, 2.05) is 13.8 Å². The van der Waals surface area contributed by atoms with Gasteiger partial charge in [0.15, 0.2) is 0 Å². The summed E-state index contributed by atoms with van der Waals surface area (Å²) in [5.74, 6) is 0.958. The normalized spacial score (nSPS) is 15.6. The van der Waals surface area contributed by atoms with Crippen molar-refractivity contribution in [3.05, 3.63) is 0 Å². The average Bonchev–Trinajstić information content (AvgIpc) is 2.16. The van der Waals surface area contributed by atoms with Crippen LogP contribution in [0.1, 0.15) is 40.5 Å². The van der Waals surface area contributed by atoms with Crippen molar-refractivity contribution in [2.75, 3.05) is 12.3 Å². The van der Waals surface area contributed by atoms with Gasteiger partial charge in [0.05, 0.1) is 12.4 Å². The van der Waals surface area contributed by atoms with Gasteiger partial charge >= 0.3 is 0 Å².